The summed E-state index contributed by atoms with van der Waals surface area (Å²) in [6.07, 6.45) is 5.11. The van der Waals surface area contributed by atoms with Crippen LogP contribution < -0.4 is 0 Å². The van der Waals surface area contributed by atoms with Gasteiger partial charge in [0, 0.05) is 49.1 Å². The Labute approximate surface area is 181 Å². The minimum atomic E-state index is -2.60. The van der Waals surface area contributed by atoms with Crippen LogP contribution >= 0.6 is 0 Å². The molecule has 5 aromatic heterocycles. The molecule has 1 aliphatic heterocycles. The Morgan fingerprint density at radius 3 is 2.91 bits per heavy atom. The number of hydrogen-bond acceptors (Lipinski definition) is 5. The second kappa shape index (κ2) is 7.16. The summed E-state index contributed by atoms with van der Waals surface area (Å²) < 4.78 is 27.0. The average Bonchev–Trinajstić information content (AvgIpc) is 3.49. The Bertz CT molecular complexity index is 1410. The highest BCUT2D eigenvalue weighted by Crippen LogP contribution is 2.30. The number of aromatic nitrogens is 6. The van der Waals surface area contributed by atoms with Gasteiger partial charge in [-0.05, 0) is 42.0 Å². The molecule has 1 aliphatic rings. The fourth-order valence-electron chi connectivity index (χ4n) is 4.25. The molecule has 6 rings (SSSR count). The molecule has 6 heterocycles. The largest absolute Gasteiger partial charge is 0.338 e. The van der Waals surface area contributed by atoms with E-state index in [4.69, 9.17) is 4.98 Å². The minimum Gasteiger partial charge on any atom is -0.338 e. The van der Waals surface area contributed by atoms with E-state index in [-0.39, 0.29) is 13.0 Å². The lowest BCUT2D eigenvalue weighted by molar-refractivity contribution is 0.0115. The van der Waals surface area contributed by atoms with E-state index in [0.29, 0.717) is 18.8 Å². The summed E-state index contributed by atoms with van der Waals surface area (Å²) in [5.41, 5.74) is 6.35. The first-order chi connectivity index (χ1) is 15.5. The lowest BCUT2D eigenvalue weighted by Gasteiger charge is -2.15. The van der Waals surface area contributed by atoms with Crippen LogP contribution in [0.1, 0.15) is 12.0 Å². The monoisotopic (exact) mass is 431 g/mol. The summed E-state index contributed by atoms with van der Waals surface area (Å²) in [5.74, 6) is -2.60. The molecular formula is C23H19F2N7. The molecule has 5 aromatic rings. The zero-order valence-corrected chi connectivity index (χ0v) is 17.0. The first-order valence-electron chi connectivity index (χ1n) is 10.4. The molecule has 0 unspecified atom stereocenters. The number of alkyl halides is 2. The van der Waals surface area contributed by atoms with E-state index in [1.807, 2.05) is 36.4 Å². The van der Waals surface area contributed by atoms with Gasteiger partial charge < -0.3 is 4.98 Å². The Balaban J connectivity index is 1.34. The molecule has 9 heteroatoms. The van der Waals surface area contributed by atoms with Gasteiger partial charge in [-0.1, -0.05) is 0 Å². The van der Waals surface area contributed by atoms with E-state index in [9.17, 15) is 8.78 Å². The number of nitrogens with zero attached hydrogens (tertiary/aromatic N) is 5. The summed E-state index contributed by atoms with van der Waals surface area (Å²) in [7, 11) is 0. The fraction of sp³-hybridized carbons (Fsp3) is 0.217. The highest BCUT2D eigenvalue weighted by Gasteiger charge is 2.37. The molecule has 32 heavy (non-hydrogen) atoms. The number of pyridine rings is 3. The highest BCUT2D eigenvalue weighted by atomic mass is 19.3. The lowest BCUT2D eigenvalue weighted by atomic mass is 10.1. The predicted molar refractivity (Wildman–Crippen MR) is 117 cm³/mol. The van der Waals surface area contributed by atoms with Crippen molar-refractivity contribution < 1.29 is 8.78 Å². The summed E-state index contributed by atoms with van der Waals surface area (Å²) in [6.45, 7) is 0.621. The van der Waals surface area contributed by atoms with Crippen LogP contribution in [0.25, 0.3) is 44.7 Å². The first-order valence-corrected chi connectivity index (χ1v) is 10.4. The van der Waals surface area contributed by atoms with Crippen molar-refractivity contribution in [2.75, 3.05) is 13.1 Å². The molecule has 0 amide bonds. The summed E-state index contributed by atoms with van der Waals surface area (Å²) >= 11 is 0. The normalized spacial score (nSPS) is 16.3. The van der Waals surface area contributed by atoms with Gasteiger partial charge in [0.1, 0.15) is 16.9 Å². The number of fused-ring (bicyclic) bond motifs is 2. The summed E-state index contributed by atoms with van der Waals surface area (Å²) in [5, 5.41) is 8.49. The van der Waals surface area contributed by atoms with Crippen molar-refractivity contribution in [2.45, 2.75) is 18.9 Å². The van der Waals surface area contributed by atoms with Crippen molar-refractivity contribution in [3.63, 3.8) is 0 Å². The number of rotatable bonds is 4. The standard InChI is InChI=1S/C23H19F2N7/c24-23(25)5-7-32(13-23)12-14-8-16(11-26-10-14)17-3-4-18-20(28-17)21(31-30-18)19-9-15-2-1-6-27-22(15)29-19/h1-4,6,8-11H,5,7,12-13H2,(H,27,29)(H,30,31). The average molecular weight is 431 g/mol. The van der Waals surface area contributed by atoms with Crippen LogP contribution in [0.15, 0.2) is 55.0 Å². The van der Waals surface area contributed by atoms with Crippen LogP contribution in [0.4, 0.5) is 8.78 Å². The van der Waals surface area contributed by atoms with Gasteiger partial charge in [0.15, 0.2) is 0 Å². The molecule has 7 nitrogen and oxygen atoms in total. The van der Waals surface area contributed by atoms with E-state index in [0.717, 1.165) is 44.6 Å². The Morgan fingerprint density at radius 1 is 1.12 bits per heavy atom. The van der Waals surface area contributed by atoms with Gasteiger partial charge in [-0.25, -0.2) is 18.7 Å². The van der Waals surface area contributed by atoms with Gasteiger partial charge in [-0.15, -0.1) is 0 Å². The van der Waals surface area contributed by atoms with Crippen molar-refractivity contribution in [1.82, 2.24) is 35.0 Å². The Kier molecular flexibility index (Phi) is 4.25. The van der Waals surface area contributed by atoms with Gasteiger partial charge in [-0.2, -0.15) is 5.10 Å². The van der Waals surface area contributed by atoms with Crippen LogP contribution in [-0.2, 0) is 6.54 Å². The van der Waals surface area contributed by atoms with Gasteiger partial charge in [-0.3, -0.25) is 15.0 Å². The smallest absolute Gasteiger partial charge is 0.261 e. The van der Waals surface area contributed by atoms with Crippen LogP contribution in [-0.4, -0.2) is 54.0 Å². The number of aromatic amines is 2. The maximum Gasteiger partial charge on any atom is 0.261 e. The van der Waals surface area contributed by atoms with Gasteiger partial charge in [0.25, 0.3) is 5.92 Å². The van der Waals surface area contributed by atoms with Crippen molar-refractivity contribution in [3.05, 3.63) is 60.6 Å². The molecule has 0 aromatic carbocycles. The van der Waals surface area contributed by atoms with E-state index >= 15 is 0 Å². The molecule has 160 valence electrons. The number of nitrogens with one attached hydrogen (secondary N) is 2. The summed E-state index contributed by atoms with van der Waals surface area (Å²) in [4.78, 5) is 18.6. The van der Waals surface area contributed by atoms with E-state index in [1.54, 1.807) is 23.5 Å². The van der Waals surface area contributed by atoms with Gasteiger partial charge in [0.05, 0.1) is 23.4 Å². The third-order valence-corrected chi connectivity index (χ3v) is 5.80. The molecular weight excluding hydrogens is 412 g/mol. The van der Waals surface area contributed by atoms with E-state index in [1.165, 1.54) is 0 Å². The zero-order valence-electron chi connectivity index (χ0n) is 17.0. The van der Waals surface area contributed by atoms with E-state index in [2.05, 4.69) is 25.1 Å². The highest BCUT2D eigenvalue weighted by molar-refractivity contribution is 5.93. The maximum absolute atomic E-state index is 13.5. The summed E-state index contributed by atoms with van der Waals surface area (Å²) in [6, 6.07) is 11.7. The SMILES string of the molecule is FC1(F)CCN(Cc2cncc(-c3ccc4[nH]nc(-c5cc6cccnc6[nH]5)c4n3)c2)C1. The van der Waals surface area contributed by atoms with E-state index < -0.39 is 5.92 Å². The van der Waals surface area contributed by atoms with Crippen molar-refractivity contribution in [2.24, 2.45) is 0 Å². The molecule has 1 saturated heterocycles. The number of likely N-dealkylation sites (tertiary alicyclic amines) is 1. The molecule has 0 spiro atoms. The minimum absolute atomic E-state index is 0.0924. The van der Waals surface area contributed by atoms with Crippen LogP contribution in [0.3, 0.4) is 0 Å². The molecule has 0 radical (unpaired) electrons. The number of H-pyrrole nitrogens is 2. The van der Waals surface area contributed by atoms with Crippen molar-refractivity contribution in [3.8, 4) is 22.6 Å². The van der Waals surface area contributed by atoms with Crippen molar-refractivity contribution >= 4 is 22.1 Å². The molecule has 2 N–H and O–H groups in total. The quantitative estimate of drug-likeness (QED) is 0.440. The Hall–Kier alpha value is -3.72. The first kappa shape index (κ1) is 19.0. The molecule has 0 atom stereocenters. The molecule has 0 aliphatic carbocycles. The molecule has 1 fully saturated rings. The van der Waals surface area contributed by atoms with Crippen LogP contribution in [0, 0.1) is 0 Å². The van der Waals surface area contributed by atoms with Gasteiger partial charge in [0.2, 0.25) is 0 Å². The topological polar surface area (TPSA) is 86.4 Å². The van der Waals surface area contributed by atoms with Crippen LogP contribution in [0.2, 0.25) is 0 Å². The Morgan fingerprint density at radius 2 is 2.06 bits per heavy atom. The third-order valence-electron chi connectivity index (χ3n) is 5.80. The van der Waals surface area contributed by atoms with Crippen LogP contribution in [0.5, 0.6) is 0 Å². The lowest BCUT2D eigenvalue weighted by Crippen LogP contribution is -2.24. The molecule has 0 saturated carbocycles. The maximum atomic E-state index is 13.5. The predicted octanol–water partition coefficient (Wildman–Crippen LogP) is 4.40. The second-order valence-electron chi connectivity index (χ2n) is 8.19. The second-order valence-corrected chi connectivity index (χ2v) is 8.19. The molecule has 0 bridgehead atoms. The van der Waals surface area contributed by atoms with Crippen molar-refractivity contribution in [1.29, 1.82) is 0 Å². The zero-order chi connectivity index (χ0) is 21.7. The third kappa shape index (κ3) is 3.40. The van der Waals surface area contributed by atoms with Gasteiger partial charge >= 0.3 is 0 Å². The fourth-order valence-corrected chi connectivity index (χ4v) is 4.25. The number of halogens is 2. The number of hydrogen-bond donors (Lipinski definition) is 2.